The van der Waals surface area contributed by atoms with Gasteiger partial charge in [-0.05, 0) is 0 Å². The number of aliphatic imine (C=N–C) groups is 1. The standard InChI is InChI=1S/C8H14N4O3/c1-5(13)9-4-10-8(11-6(2)14)12-7(3)15/h4H2,1-3H3,(H,9,13)(H2,10,11,12,14,15). The van der Waals surface area contributed by atoms with Crippen molar-refractivity contribution in [1.29, 1.82) is 0 Å². The number of nitrogens with one attached hydrogen (secondary N) is 3. The fraction of sp³-hybridized carbons (Fsp3) is 0.500. The zero-order valence-electron chi connectivity index (χ0n) is 8.88. The number of nitrogens with zero attached hydrogens (tertiary/aromatic N) is 1. The maximum atomic E-state index is 10.7. The molecular formula is C8H14N4O3. The quantitative estimate of drug-likeness (QED) is 0.394. The highest BCUT2D eigenvalue weighted by Gasteiger charge is 2.02. The Morgan fingerprint density at radius 3 is 1.73 bits per heavy atom. The second-order valence-corrected chi connectivity index (χ2v) is 2.76. The fourth-order valence-corrected chi connectivity index (χ4v) is 0.674. The van der Waals surface area contributed by atoms with E-state index in [1.807, 2.05) is 0 Å². The zero-order chi connectivity index (χ0) is 11.8. The van der Waals surface area contributed by atoms with E-state index in [0.717, 1.165) is 0 Å². The van der Waals surface area contributed by atoms with Gasteiger partial charge in [0.2, 0.25) is 23.7 Å². The monoisotopic (exact) mass is 214 g/mol. The summed E-state index contributed by atoms with van der Waals surface area (Å²) in [4.78, 5) is 35.7. The summed E-state index contributed by atoms with van der Waals surface area (Å²) in [7, 11) is 0. The molecule has 7 heteroatoms. The Labute approximate surface area is 87.3 Å². The predicted octanol–water partition coefficient (Wildman–Crippen LogP) is -1.29. The number of hydrogen-bond acceptors (Lipinski definition) is 4. The van der Waals surface area contributed by atoms with E-state index in [1.165, 1.54) is 20.8 Å². The molecule has 0 bridgehead atoms. The normalized spacial score (nSPS) is 8.73. The molecule has 0 radical (unpaired) electrons. The molecule has 0 saturated carbocycles. The van der Waals surface area contributed by atoms with Crippen LogP contribution in [-0.2, 0) is 14.4 Å². The van der Waals surface area contributed by atoms with Crippen LogP contribution in [0.1, 0.15) is 20.8 Å². The maximum absolute atomic E-state index is 10.7. The first-order valence-electron chi connectivity index (χ1n) is 4.26. The van der Waals surface area contributed by atoms with E-state index in [-0.39, 0.29) is 30.3 Å². The molecule has 0 aliphatic carbocycles. The third kappa shape index (κ3) is 8.41. The van der Waals surface area contributed by atoms with Gasteiger partial charge in [0, 0.05) is 20.8 Å². The molecular weight excluding hydrogens is 200 g/mol. The van der Waals surface area contributed by atoms with Crippen molar-refractivity contribution in [2.45, 2.75) is 20.8 Å². The molecule has 3 N–H and O–H groups in total. The van der Waals surface area contributed by atoms with Crippen molar-refractivity contribution in [1.82, 2.24) is 16.0 Å². The van der Waals surface area contributed by atoms with Gasteiger partial charge in [-0.15, -0.1) is 0 Å². The third-order valence-corrected chi connectivity index (χ3v) is 1.15. The highest BCUT2D eigenvalue weighted by molar-refractivity contribution is 6.03. The van der Waals surface area contributed by atoms with Crippen LogP contribution in [0.4, 0.5) is 0 Å². The Hall–Kier alpha value is -1.92. The van der Waals surface area contributed by atoms with Crippen LogP contribution in [0.5, 0.6) is 0 Å². The number of carbonyl (C=O) groups is 3. The van der Waals surface area contributed by atoms with Gasteiger partial charge in [-0.1, -0.05) is 0 Å². The minimum Gasteiger partial charge on any atom is -0.337 e. The van der Waals surface area contributed by atoms with Gasteiger partial charge in [-0.2, -0.15) is 0 Å². The molecule has 0 aromatic rings. The molecule has 0 fully saturated rings. The van der Waals surface area contributed by atoms with Crippen molar-refractivity contribution < 1.29 is 14.4 Å². The van der Waals surface area contributed by atoms with E-state index in [9.17, 15) is 14.4 Å². The largest absolute Gasteiger partial charge is 0.337 e. The molecule has 0 rings (SSSR count). The lowest BCUT2D eigenvalue weighted by Crippen LogP contribution is -2.42. The smallest absolute Gasteiger partial charge is 0.223 e. The molecule has 0 spiro atoms. The van der Waals surface area contributed by atoms with Crippen molar-refractivity contribution in [3.63, 3.8) is 0 Å². The molecule has 0 aromatic heterocycles. The summed E-state index contributed by atoms with van der Waals surface area (Å²) in [6, 6.07) is 0. The number of rotatable bonds is 2. The number of amides is 3. The summed E-state index contributed by atoms with van der Waals surface area (Å²) < 4.78 is 0. The first kappa shape index (κ1) is 13.1. The molecule has 0 atom stereocenters. The average Bonchev–Trinajstić information content (AvgIpc) is 2.00. The Kier molecular flexibility index (Phi) is 5.69. The fourth-order valence-electron chi connectivity index (χ4n) is 0.674. The minimum absolute atomic E-state index is 0.00870. The Balaban J connectivity index is 4.26. The van der Waals surface area contributed by atoms with Crippen LogP contribution < -0.4 is 16.0 Å². The zero-order valence-corrected chi connectivity index (χ0v) is 8.88. The summed E-state index contributed by atoms with van der Waals surface area (Å²) in [5, 5.41) is 7.02. The van der Waals surface area contributed by atoms with E-state index in [0.29, 0.717) is 0 Å². The van der Waals surface area contributed by atoms with E-state index in [1.54, 1.807) is 0 Å². The number of guanidine groups is 1. The van der Waals surface area contributed by atoms with E-state index in [2.05, 4.69) is 20.9 Å². The van der Waals surface area contributed by atoms with Crippen LogP contribution in [0.25, 0.3) is 0 Å². The molecule has 0 aliphatic rings. The summed E-state index contributed by atoms with van der Waals surface area (Å²) in [5.74, 6) is -0.942. The van der Waals surface area contributed by atoms with Gasteiger partial charge in [-0.3, -0.25) is 25.0 Å². The molecule has 84 valence electrons. The molecule has 3 amide bonds. The van der Waals surface area contributed by atoms with Gasteiger partial charge in [0.25, 0.3) is 0 Å². The van der Waals surface area contributed by atoms with E-state index in [4.69, 9.17) is 0 Å². The second-order valence-electron chi connectivity index (χ2n) is 2.76. The van der Waals surface area contributed by atoms with Crippen LogP contribution in [0.3, 0.4) is 0 Å². The lowest BCUT2D eigenvalue weighted by molar-refractivity contribution is -0.119. The lowest BCUT2D eigenvalue weighted by atomic mass is 10.6. The van der Waals surface area contributed by atoms with Crippen LogP contribution >= 0.6 is 0 Å². The minimum atomic E-state index is -0.356. The molecule has 0 saturated heterocycles. The van der Waals surface area contributed by atoms with Crippen molar-refractivity contribution >= 4 is 23.7 Å². The highest BCUT2D eigenvalue weighted by atomic mass is 16.2. The summed E-state index contributed by atoms with van der Waals surface area (Å²) in [5.41, 5.74) is 0. The van der Waals surface area contributed by atoms with Gasteiger partial charge in [0.05, 0.1) is 0 Å². The van der Waals surface area contributed by atoms with Crippen molar-refractivity contribution in [2.75, 3.05) is 6.67 Å². The van der Waals surface area contributed by atoms with Gasteiger partial charge in [0.1, 0.15) is 6.67 Å². The van der Waals surface area contributed by atoms with Crippen molar-refractivity contribution in [3.05, 3.63) is 0 Å². The molecule has 0 aromatic carbocycles. The summed E-state index contributed by atoms with van der Waals surface area (Å²) in [6.45, 7) is 3.91. The Morgan fingerprint density at radius 1 is 0.933 bits per heavy atom. The molecule has 7 nitrogen and oxygen atoms in total. The van der Waals surface area contributed by atoms with Crippen LogP contribution in [0.15, 0.2) is 4.99 Å². The average molecular weight is 214 g/mol. The number of hydrogen-bond donors (Lipinski definition) is 3. The summed E-state index contributed by atoms with van der Waals surface area (Å²) in [6.07, 6.45) is 0. The molecule has 0 heterocycles. The predicted molar refractivity (Wildman–Crippen MR) is 53.8 cm³/mol. The van der Waals surface area contributed by atoms with Gasteiger partial charge in [-0.25, -0.2) is 4.99 Å². The molecule has 15 heavy (non-hydrogen) atoms. The van der Waals surface area contributed by atoms with Crippen LogP contribution in [-0.4, -0.2) is 30.3 Å². The second kappa shape index (κ2) is 6.52. The first-order valence-corrected chi connectivity index (χ1v) is 4.26. The van der Waals surface area contributed by atoms with E-state index < -0.39 is 0 Å². The maximum Gasteiger partial charge on any atom is 0.223 e. The SMILES string of the molecule is CC(=O)NCN=C(NC(C)=O)NC(C)=O. The first-order chi connectivity index (χ1) is 6.91. The summed E-state index contributed by atoms with van der Waals surface area (Å²) >= 11 is 0. The number of carbonyl (C=O) groups excluding carboxylic acids is 3. The molecule has 0 aliphatic heterocycles. The Morgan fingerprint density at radius 2 is 1.40 bits per heavy atom. The lowest BCUT2D eigenvalue weighted by Gasteiger charge is -2.07. The topological polar surface area (TPSA) is 99.7 Å². The third-order valence-electron chi connectivity index (χ3n) is 1.15. The van der Waals surface area contributed by atoms with Gasteiger partial charge in [0.15, 0.2) is 0 Å². The van der Waals surface area contributed by atoms with Gasteiger partial charge >= 0.3 is 0 Å². The van der Waals surface area contributed by atoms with Crippen molar-refractivity contribution in [2.24, 2.45) is 4.99 Å². The van der Waals surface area contributed by atoms with Crippen LogP contribution in [0.2, 0.25) is 0 Å². The molecule has 0 unspecified atom stereocenters. The van der Waals surface area contributed by atoms with Gasteiger partial charge < -0.3 is 5.32 Å². The Bertz CT molecular complexity index is 280. The van der Waals surface area contributed by atoms with Crippen molar-refractivity contribution in [3.8, 4) is 0 Å². The van der Waals surface area contributed by atoms with E-state index >= 15 is 0 Å². The van der Waals surface area contributed by atoms with Crippen LogP contribution in [0, 0.1) is 0 Å². The highest BCUT2D eigenvalue weighted by Crippen LogP contribution is 1.73.